The van der Waals surface area contributed by atoms with Gasteiger partial charge in [-0.15, -0.1) is 15.3 Å². The van der Waals surface area contributed by atoms with Crippen molar-refractivity contribution in [3.63, 3.8) is 0 Å². The lowest BCUT2D eigenvalue weighted by atomic mass is 9.92. The smallest absolute Gasteiger partial charge is 0.365 e. The molecule has 0 radical (unpaired) electrons. The zero-order valence-corrected chi connectivity index (χ0v) is 24.1. The van der Waals surface area contributed by atoms with E-state index >= 15 is 0 Å². The molecule has 3 aromatic carbocycles. The Hall–Kier alpha value is -4.15. The first kappa shape index (κ1) is 26.7. The molecule has 0 spiro atoms. The Morgan fingerprint density at radius 1 is 0.762 bits per heavy atom. The summed E-state index contributed by atoms with van der Waals surface area (Å²) in [5.74, 6) is 0.383. The maximum Gasteiger partial charge on any atom is 0.365 e. The average Bonchev–Trinajstić information content (AvgIpc) is 3.71. The van der Waals surface area contributed by atoms with E-state index in [0.29, 0.717) is 16.6 Å². The number of hydrogen-bond acceptors (Lipinski definition) is 9. The average molecular weight is 581 g/mol. The van der Waals surface area contributed by atoms with E-state index in [1.807, 2.05) is 54.6 Å². The van der Waals surface area contributed by atoms with Gasteiger partial charge in [0.15, 0.2) is 0 Å². The number of benzene rings is 3. The van der Waals surface area contributed by atoms with E-state index in [0.717, 1.165) is 63.7 Å². The summed E-state index contributed by atoms with van der Waals surface area (Å²) in [5, 5.41) is 18.3. The van der Waals surface area contributed by atoms with Gasteiger partial charge in [-0.1, -0.05) is 59.7 Å². The molecule has 2 fully saturated rings. The van der Waals surface area contributed by atoms with Crippen LogP contribution in [0.2, 0.25) is 0 Å². The van der Waals surface area contributed by atoms with Gasteiger partial charge in [0.2, 0.25) is 0 Å². The Morgan fingerprint density at radius 3 is 2.14 bits per heavy atom. The number of fused-ring (bicyclic) bond motifs is 1. The number of nitrogens with zero attached hydrogens (tertiary/aromatic N) is 6. The standard InChI is InChI=1S/C32H32N6O3S/c39-32(41-38-29-9-5-4-8-28(29)33-36-38)24-12-10-22(11-13-24)30-34-35-31(42-30)23-14-16-26(17-15-23)40-27-18-20-37(21-19-27)25-6-2-1-3-7-25/h4-5,8-17,25,27H,1-3,6-7,18-21H2. The van der Waals surface area contributed by atoms with Gasteiger partial charge in [0.05, 0.1) is 5.56 Å². The number of ether oxygens (including phenoxy) is 1. The highest BCUT2D eigenvalue weighted by atomic mass is 32.1. The van der Waals surface area contributed by atoms with E-state index in [1.54, 1.807) is 18.2 Å². The summed E-state index contributed by atoms with van der Waals surface area (Å²) in [6, 6.07) is 23.3. The van der Waals surface area contributed by atoms with Crippen LogP contribution in [-0.2, 0) is 0 Å². The van der Waals surface area contributed by atoms with Crippen LogP contribution in [0.15, 0.2) is 72.8 Å². The molecule has 214 valence electrons. The summed E-state index contributed by atoms with van der Waals surface area (Å²) < 4.78 is 6.33. The van der Waals surface area contributed by atoms with E-state index in [2.05, 4.69) is 25.4 Å². The third-order valence-corrected chi connectivity index (χ3v) is 9.28. The van der Waals surface area contributed by atoms with Crippen LogP contribution in [0.1, 0.15) is 55.3 Å². The monoisotopic (exact) mass is 580 g/mol. The molecule has 0 bridgehead atoms. The Labute approximate surface area is 248 Å². The number of carbonyl (C=O) groups excluding carboxylic acids is 1. The lowest BCUT2D eigenvalue weighted by molar-refractivity contribution is 0.0409. The maximum absolute atomic E-state index is 12.7. The predicted molar refractivity (Wildman–Crippen MR) is 161 cm³/mol. The molecule has 0 N–H and O–H groups in total. The third-order valence-electron chi connectivity index (χ3n) is 8.26. The van der Waals surface area contributed by atoms with Crippen molar-refractivity contribution in [2.45, 2.75) is 57.1 Å². The SMILES string of the molecule is O=C(On1nnc2ccccc21)c1ccc(-c2nnc(-c3ccc(OC4CCN(C5CCCCC5)CC4)cc3)s2)cc1. The van der Waals surface area contributed by atoms with Crippen LogP contribution in [0.5, 0.6) is 5.75 Å². The summed E-state index contributed by atoms with van der Waals surface area (Å²) in [6.07, 6.45) is 9.36. The molecule has 9 nitrogen and oxygen atoms in total. The van der Waals surface area contributed by atoms with Gasteiger partial charge in [-0.2, -0.15) is 0 Å². The van der Waals surface area contributed by atoms with Crippen LogP contribution in [0.3, 0.4) is 0 Å². The van der Waals surface area contributed by atoms with Gasteiger partial charge in [-0.25, -0.2) is 4.79 Å². The van der Waals surface area contributed by atoms with E-state index in [4.69, 9.17) is 9.57 Å². The van der Waals surface area contributed by atoms with Gasteiger partial charge in [-0.05, 0) is 79.4 Å². The van der Waals surface area contributed by atoms with Crippen molar-refractivity contribution < 1.29 is 14.4 Å². The Morgan fingerprint density at radius 2 is 1.43 bits per heavy atom. The second kappa shape index (κ2) is 12.0. The van der Waals surface area contributed by atoms with Crippen molar-refractivity contribution in [2.75, 3.05) is 13.1 Å². The molecule has 0 unspecified atom stereocenters. The molecule has 42 heavy (non-hydrogen) atoms. The van der Waals surface area contributed by atoms with Crippen LogP contribution in [0, 0.1) is 0 Å². The van der Waals surface area contributed by atoms with Gasteiger partial charge < -0.3 is 14.5 Å². The van der Waals surface area contributed by atoms with Crippen molar-refractivity contribution in [2.24, 2.45) is 0 Å². The lowest BCUT2D eigenvalue weighted by Gasteiger charge is -2.39. The molecular formula is C32H32N6O3S. The van der Waals surface area contributed by atoms with Gasteiger partial charge in [0, 0.05) is 30.3 Å². The third kappa shape index (κ3) is 5.77. The lowest BCUT2D eigenvalue weighted by Crippen LogP contribution is -2.44. The van der Waals surface area contributed by atoms with Crippen LogP contribution in [-0.4, -0.2) is 61.5 Å². The highest BCUT2D eigenvalue weighted by Gasteiger charge is 2.27. The summed E-state index contributed by atoms with van der Waals surface area (Å²) >= 11 is 1.51. The Bertz CT molecular complexity index is 1650. The quantitative estimate of drug-likeness (QED) is 0.214. The van der Waals surface area contributed by atoms with E-state index in [1.165, 1.54) is 43.4 Å². The second-order valence-corrected chi connectivity index (χ2v) is 12.0. The number of likely N-dealkylation sites (tertiary alicyclic amines) is 1. The normalized spacial score (nSPS) is 17.0. The number of aromatic nitrogens is 5. The maximum atomic E-state index is 12.7. The van der Waals surface area contributed by atoms with Crippen LogP contribution >= 0.6 is 11.3 Å². The van der Waals surface area contributed by atoms with E-state index in [-0.39, 0.29) is 6.10 Å². The van der Waals surface area contributed by atoms with E-state index in [9.17, 15) is 4.79 Å². The molecule has 0 atom stereocenters. The highest BCUT2D eigenvalue weighted by molar-refractivity contribution is 7.17. The summed E-state index contributed by atoms with van der Waals surface area (Å²) in [5.41, 5.74) is 3.55. The van der Waals surface area contributed by atoms with Crippen LogP contribution in [0.4, 0.5) is 0 Å². The van der Waals surface area contributed by atoms with Gasteiger partial charge in [-0.3, -0.25) is 0 Å². The van der Waals surface area contributed by atoms with Crippen molar-refractivity contribution in [1.29, 1.82) is 0 Å². The zero-order chi connectivity index (χ0) is 28.3. The molecule has 2 aromatic heterocycles. The first-order valence-corrected chi connectivity index (χ1v) is 15.5. The first-order chi connectivity index (χ1) is 20.7. The summed E-state index contributed by atoms with van der Waals surface area (Å²) in [7, 11) is 0. The Kier molecular flexibility index (Phi) is 7.63. The molecule has 1 saturated heterocycles. The molecule has 0 amide bonds. The number of carbonyl (C=O) groups is 1. The molecule has 5 aromatic rings. The fourth-order valence-electron chi connectivity index (χ4n) is 5.93. The summed E-state index contributed by atoms with van der Waals surface area (Å²) in [4.78, 5) is 21.9. The Balaban J connectivity index is 0.946. The number of hydrogen-bond donors (Lipinski definition) is 0. The summed E-state index contributed by atoms with van der Waals surface area (Å²) in [6.45, 7) is 2.28. The first-order valence-electron chi connectivity index (χ1n) is 14.7. The van der Waals surface area contributed by atoms with Crippen molar-refractivity contribution in [3.8, 4) is 26.9 Å². The minimum atomic E-state index is -0.521. The predicted octanol–water partition coefficient (Wildman–Crippen LogP) is 6.06. The van der Waals surface area contributed by atoms with E-state index < -0.39 is 5.97 Å². The topological polar surface area (TPSA) is 95.3 Å². The highest BCUT2D eigenvalue weighted by Crippen LogP contribution is 2.32. The molecule has 1 aliphatic heterocycles. The van der Waals surface area contributed by atoms with Crippen molar-refractivity contribution >= 4 is 28.3 Å². The largest absolute Gasteiger partial charge is 0.490 e. The fraction of sp³-hybridized carbons (Fsp3) is 0.344. The number of piperidine rings is 1. The van der Waals surface area contributed by atoms with Crippen molar-refractivity contribution in [1.82, 2.24) is 30.3 Å². The molecule has 2 aliphatic rings. The minimum Gasteiger partial charge on any atom is -0.490 e. The number of rotatable bonds is 7. The van der Waals surface area contributed by atoms with Gasteiger partial charge in [0.1, 0.15) is 32.9 Å². The molecule has 3 heterocycles. The molecular weight excluding hydrogens is 548 g/mol. The fourth-order valence-corrected chi connectivity index (χ4v) is 6.78. The number of para-hydroxylation sites is 1. The zero-order valence-electron chi connectivity index (χ0n) is 23.3. The second-order valence-electron chi connectivity index (χ2n) is 11.0. The molecule has 7 rings (SSSR count). The van der Waals surface area contributed by atoms with Crippen LogP contribution in [0.25, 0.3) is 32.2 Å². The molecule has 1 aliphatic carbocycles. The van der Waals surface area contributed by atoms with Gasteiger partial charge >= 0.3 is 5.97 Å². The molecule has 10 heteroatoms. The van der Waals surface area contributed by atoms with Crippen molar-refractivity contribution in [3.05, 3.63) is 78.4 Å². The van der Waals surface area contributed by atoms with Crippen LogP contribution < -0.4 is 9.57 Å². The van der Waals surface area contributed by atoms with Gasteiger partial charge in [0.25, 0.3) is 0 Å². The molecule has 1 saturated carbocycles. The minimum absolute atomic E-state index is 0.277.